The number of rotatable bonds is 5. The minimum atomic E-state index is -0.932. The number of para-hydroxylation sites is 1. The van der Waals surface area contributed by atoms with Gasteiger partial charge in [0.05, 0.1) is 6.61 Å². The average Bonchev–Trinajstić information content (AvgIpc) is 2.24. The molecule has 1 aromatic rings. The molecule has 0 bridgehead atoms. The molecule has 0 heterocycles. The first-order valence-electron chi connectivity index (χ1n) is 4.78. The Labute approximate surface area is 92.3 Å². The van der Waals surface area contributed by atoms with Gasteiger partial charge >= 0.3 is 11.9 Å². The number of aromatic hydroxyl groups is 1. The second kappa shape index (κ2) is 5.75. The summed E-state index contributed by atoms with van der Waals surface area (Å²) in [6.45, 7) is 0.0272. The Morgan fingerprint density at radius 1 is 1.25 bits per heavy atom. The van der Waals surface area contributed by atoms with Crippen LogP contribution in [0.5, 0.6) is 5.75 Å². The Hall–Kier alpha value is -2.04. The zero-order valence-electron chi connectivity index (χ0n) is 8.55. The van der Waals surface area contributed by atoms with Gasteiger partial charge in [0.1, 0.15) is 11.3 Å². The summed E-state index contributed by atoms with van der Waals surface area (Å²) in [6, 6.07) is 6.02. The number of aliphatic carboxylic acids is 1. The molecule has 0 aliphatic rings. The van der Waals surface area contributed by atoms with Crippen LogP contribution in [0.4, 0.5) is 0 Å². The van der Waals surface area contributed by atoms with Crippen molar-refractivity contribution in [2.24, 2.45) is 0 Å². The van der Waals surface area contributed by atoms with E-state index in [1.54, 1.807) is 12.1 Å². The second-order valence-electron chi connectivity index (χ2n) is 3.15. The van der Waals surface area contributed by atoms with Gasteiger partial charge in [-0.2, -0.15) is 0 Å². The lowest BCUT2D eigenvalue weighted by Crippen LogP contribution is -2.08. The van der Waals surface area contributed by atoms with Crippen LogP contribution in [0.2, 0.25) is 0 Å². The van der Waals surface area contributed by atoms with Gasteiger partial charge in [0.2, 0.25) is 0 Å². The number of hydrogen-bond donors (Lipinski definition) is 2. The highest BCUT2D eigenvalue weighted by Gasteiger charge is 2.11. The topological polar surface area (TPSA) is 83.8 Å². The summed E-state index contributed by atoms with van der Waals surface area (Å²) < 4.78 is 4.80. The summed E-state index contributed by atoms with van der Waals surface area (Å²) in [5.41, 5.74) is 0.0813. The Bertz CT molecular complexity index is 386. The van der Waals surface area contributed by atoms with E-state index in [4.69, 9.17) is 9.84 Å². The van der Waals surface area contributed by atoms with E-state index in [9.17, 15) is 14.7 Å². The number of hydrogen-bond acceptors (Lipinski definition) is 4. The van der Waals surface area contributed by atoms with Gasteiger partial charge in [-0.3, -0.25) is 4.79 Å². The van der Waals surface area contributed by atoms with Gasteiger partial charge in [-0.15, -0.1) is 0 Å². The summed E-state index contributed by atoms with van der Waals surface area (Å²) in [5.74, 6) is -1.73. The van der Waals surface area contributed by atoms with Crippen LogP contribution in [0.15, 0.2) is 24.3 Å². The summed E-state index contributed by atoms with van der Waals surface area (Å²) in [7, 11) is 0. The van der Waals surface area contributed by atoms with Crippen LogP contribution < -0.4 is 0 Å². The van der Waals surface area contributed by atoms with Crippen LogP contribution in [0, 0.1) is 0 Å². The smallest absolute Gasteiger partial charge is 0.341 e. The summed E-state index contributed by atoms with van der Waals surface area (Å²) in [5, 5.41) is 17.7. The minimum Gasteiger partial charge on any atom is -0.507 e. The number of ether oxygens (including phenoxy) is 1. The van der Waals surface area contributed by atoms with Gasteiger partial charge in [0, 0.05) is 6.42 Å². The molecule has 0 aliphatic carbocycles. The zero-order chi connectivity index (χ0) is 12.0. The predicted molar refractivity (Wildman–Crippen MR) is 55.3 cm³/mol. The molecule has 0 aromatic heterocycles. The maximum absolute atomic E-state index is 11.4. The van der Waals surface area contributed by atoms with Gasteiger partial charge in [0.15, 0.2) is 0 Å². The van der Waals surface area contributed by atoms with Crippen LogP contribution in [-0.4, -0.2) is 28.8 Å². The molecule has 86 valence electrons. The van der Waals surface area contributed by atoms with Gasteiger partial charge in [-0.1, -0.05) is 12.1 Å². The molecule has 0 amide bonds. The Morgan fingerprint density at radius 3 is 2.56 bits per heavy atom. The van der Waals surface area contributed by atoms with Gasteiger partial charge in [0.25, 0.3) is 0 Å². The molecule has 16 heavy (non-hydrogen) atoms. The van der Waals surface area contributed by atoms with Crippen molar-refractivity contribution in [1.29, 1.82) is 0 Å². The predicted octanol–water partition coefficient (Wildman–Crippen LogP) is 1.41. The SMILES string of the molecule is O=C(O)CCCOC(=O)c1ccccc1O. The van der Waals surface area contributed by atoms with Gasteiger partial charge < -0.3 is 14.9 Å². The number of phenols is 1. The molecule has 0 atom stereocenters. The molecule has 0 saturated heterocycles. The first-order valence-corrected chi connectivity index (χ1v) is 4.78. The first-order chi connectivity index (χ1) is 7.61. The van der Waals surface area contributed by atoms with Crippen molar-refractivity contribution in [3.8, 4) is 5.75 Å². The third-order valence-electron chi connectivity index (χ3n) is 1.89. The van der Waals surface area contributed by atoms with Crippen molar-refractivity contribution in [2.75, 3.05) is 6.61 Å². The Morgan fingerprint density at radius 2 is 1.94 bits per heavy atom. The lowest BCUT2D eigenvalue weighted by Gasteiger charge is -2.04. The summed E-state index contributed by atoms with van der Waals surface area (Å²) >= 11 is 0. The molecule has 5 heteroatoms. The monoisotopic (exact) mass is 224 g/mol. The molecule has 1 rings (SSSR count). The molecule has 0 aliphatic heterocycles. The number of carbonyl (C=O) groups excluding carboxylic acids is 1. The van der Waals surface area contributed by atoms with E-state index < -0.39 is 11.9 Å². The maximum atomic E-state index is 11.4. The van der Waals surface area contributed by atoms with E-state index in [1.807, 2.05) is 0 Å². The fourth-order valence-electron chi connectivity index (χ4n) is 1.11. The van der Waals surface area contributed by atoms with Crippen molar-refractivity contribution in [2.45, 2.75) is 12.8 Å². The molecule has 0 radical (unpaired) electrons. The summed E-state index contributed by atoms with van der Waals surface area (Å²) in [6.07, 6.45) is 0.211. The van der Waals surface area contributed by atoms with Crippen molar-refractivity contribution in [3.63, 3.8) is 0 Å². The number of esters is 1. The molecule has 0 unspecified atom stereocenters. The van der Waals surface area contributed by atoms with Crippen molar-refractivity contribution >= 4 is 11.9 Å². The van der Waals surface area contributed by atoms with E-state index in [2.05, 4.69) is 0 Å². The normalized spacial score (nSPS) is 9.75. The molecule has 5 nitrogen and oxygen atoms in total. The van der Waals surface area contributed by atoms with Crippen molar-refractivity contribution in [3.05, 3.63) is 29.8 Å². The van der Waals surface area contributed by atoms with Gasteiger partial charge in [-0.25, -0.2) is 4.79 Å². The molecule has 2 N–H and O–H groups in total. The molecule has 1 aromatic carbocycles. The Balaban J connectivity index is 2.41. The quantitative estimate of drug-likeness (QED) is 0.583. The molecule has 0 fully saturated rings. The molecular formula is C11H12O5. The lowest BCUT2D eigenvalue weighted by atomic mass is 10.2. The fraction of sp³-hybridized carbons (Fsp3) is 0.273. The highest BCUT2D eigenvalue weighted by atomic mass is 16.5. The van der Waals surface area contributed by atoms with E-state index in [0.29, 0.717) is 0 Å². The summed E-state index contributed by atoms with van der Waals surface area (Å²) in [4.78, 5) is 21.6. The first kappa shape index (κ1) is 12.0. The maximum Gasteiger partial charge on any atom is 0.341 e. The van der Waals surface area contributed by atoms with Crippen LogP contribution in [0.1, 0.15) is 23.2 Å². The third kappa shape index (κ3) is 3.61. The third-order valence-corrected chi connectivity index (χ3v) is 1.89. The highest BCUT2D eigenvalue weighted by molar-refractivity contribution is 5.92. The zero-order valence-corrected chi connectivity index (χ0v) is 8.55. The van der Waals surface area contributed by atoms with Crippen LogP contribution >= 0.6 is 0 Å². The van der Waals surface area contributed by atoms with E-state index in [-0.39, 0.29) is 30.8 Å². The van der Waals surface area contributed by atoms with Crippen LogP contribution in [-0.2, 0) is 9.53 Å². The van der Waals surface area contributed by atoms with E-state index in [0.717, 1.165) is 0 Å². The molecular weight excluding hydrogens is 212 g/mol. The number of phenolic OH excluding ortho intramolecular Hbond substituents is 1. The Kier molecular flexibility index (Phi) is 4.32. The largest absolute Gasteiger partial charge is 0.507 e. The molecule has 0 saturated carbocycles. The lowest BCUT2D eigenvalue weighted by molar-refractivity contribution is -0.137. The number of carboxylic acid groups (broad SMARTS) is 1. The second-order valence-corrected chi connectivity index (χ2v) is 3.15. The van der Waals surface area contributed by atoms with E-state index in [1.165, 1.54) is 12.1 Å². The van der Waals surface area contributed by atoms with Crippen LogP contribution in [0.3, 0.4) is 0 Å². The average molecular weight is 224 g/mol. The van der Waals surface area contributed by atoms with Gasteiger partial charge in [-0.05, 0) is 18.6 Å². The van der Waals surface area contributed by atoms with Crippen molar-refractivity contribution in [1.82, 2.24) is 0 Å². The fourth-order valence-corrected chi connectivity index (χ4v) is 1.11. The minimum absolute atomic E-state index is 0.0272. The number of carboxylic acids is 1. The standard InChI is InChI=1S/C11H12O5/c12-9-5-2-1-4-8(9)11(15)16-7-3-6-10(13)14/h1-2,4-5,12H,3,6-7H2,(H,13,14). The number of carbonyl (C=O) groups is 2. The van der Waals surface area contributed by atoms with Crippen molar-refractivity contribution < 1.29 is 24.5 Å². The number of benzene rings is 1. The highest BCUT2D eigenvalue weighted by Crippen LogP contribution is 2.16. The van der Waals surface area contributed by atoms with E-state index >= 15 is 0 Å². The molecule has 0 spiro atoms. The van der Waals surface area contributed by atoms with Crippen LogP contribution in [0.25, 0.3) is 0 Å².